The van der Waals surface area contributed by atoms with Gasteiger partial charge in [0, 0.05) is 29.7 Å². The van der Waals surface area contributed by atoms with Crippen LogP contribution in [-0.2, 0) is 0 Å². The Morgan fingerprint density at radius 2 is 2.55 bits per heavy atom. The summed E-state index contributed by atoms with van der Waals surface area (Å²) in [6, 6.07) is 0. The summed E-state index contributed by atoms with van der Waals surface area (Å²) in [5, 5.41) is 0. The van der Waals surface area contributed by atoms with Crippen LogP contribution in [-0.4, -0.2) is 24.5 Å². The van der Waals surface area contributed by atoms with E-state index in [9.17, 15) is 0 Å². The monoisotopic (exact) mass is 235 g/mol. The average Bonchev–Trinajstić information content (AvgIpc) is 2.01. The van der Waals surface area contributed by atoms with Gasteiger partial charge in [0.25, 0.3) is 0 Å². The van der Waals surface area contributed by atoms with E-state index in [4.69, 9.17) is 11.6 Å². The quantitative estimate of drug-likeness (QED) is 0.713. The lowest BCUT2D eigenvalue weighted by Gasteiger charge is -2.23. The van der Waals surface area contributed by atoms with E-state index in [0.29, 0.717) is 0 Å². The number of hydrogen-bond acceptors (Lipinski definition) is 1. The smallest absolute Gasteiger partial charge is 0.0300 e. The molecule has 0 amide bonds. The summed E-state index contributed by atoms with van der Waals surface area (Å²) in [6.45, 7) is 3.10. The Labute approximate surface area is 80.8 Å². The minimum Gasteiger partial charge on any atom is -0.295 e. The first-order chi connectivity index (χ1) is 5.33. The van der Waals surface area contributed by atoms with Gasteiger partial charge in [0.1, 0.15) is 0 Å². The lowest BCUT2D eigenvalue weighted by molar-refractivity contribution is 0.329. The summed E-state index contributed by atoms with van der Waals surface area (Å²) in [6.07, 6.45) is 5.32. The molecule has 0 spiro atoms. The highest BCUT2D eigenvalue weighted by Gasteiger charge is 2.07. The Balaban J connectivity index is 2.32. The molecule has 0 bridgehead atoms. The zero-order valence-electron chi connectivity index (χ0n) is 6.26. The summed E-state index contributed by atoms with van der Waals surface area (Å²) in [5.74, 6) is 0. The summed E-state index contributed by atoms with van der Waals surface area (Å²) in [4.78, 5) is 2.34. The lowest BCUT2D eigenvalue weighted by atomic mass is 10.2. The van der Waals surface area contributed by atoms with Crippen LogP contribution in [0.15, 0.2) is 22.2 Å². The van der Waals surface area contributed by atoms with Gasteiger partial charge in [-0.05, 0) is 6.42 Å². The van der Waals surface area contributed by atoms with Gasteiger partial charge in [-0.25, -0.2) is 0 Å². The van der Waals surface area contributed by atoms with Crippen LogP contribution in [0.1, 0.15) is 6.42 Å². The zero-order chi connectivity index (χ0) is 8.10. The molecule has 3 heteroatoms. The van der Waals surface area contributed by atoms with Gasteiger partial charge < -0.3 is 0 Å². The van der Waals surface area contributed by atoms with E-state index < -0.39 is 0 Å². The Morgan fingerprint density at radius 3 is 3.18 bits per heavy atom. The van der Waals surface area contributed by atoms with Crippen molar-refractivity contribution in [2.45, 2.75) is 6.42 Å². The topological polar surface area (TPSA) is 3.24 Å². The summed E-state index contributed by atoms with van der Waals surface area (Å²) >= 11 is 8.91. The second-order valence-electron chi connectivity index (χ2n) is 2.54. The van der Waals surface area contributed by atoms with Crippen LogP contribution >= 0.6 is 27.5 Å². The number of nitrogens with zero attached hydrogens (tertiary/aromatic N) is 1. The van der Waals surface area contributed by atoms with E-state index in [1.54, 1.807) is 5.54 Å². The molecule has 62 valence electrons. The first-order valence-electron chi connectivity index (χ1n) is 3.65. The van der Waals surface area contributed by atoms with Crippen LogP contribution < -0.4 is 0 Å². The fourth-order valence-electron chi connectivity index (χ4n) is 1.11. The van der Waals surface area contributed by atoms with Crippen molar-refractivity contribution in [1.82, 2.24) is 4.90 Å². The fraction of sp³-hybridized carbons (Fsp3) is 0.500. The maximum absolute atomic E-state index is 5.42. The standard InChI is InChI=1S/C8H11BrClN/c9-8-3-1-5-11(7-8)6-2-4-10/h2-4H,1,5-7H2/b4-2+. The van der Waals surface area contributed by atoms with Crippen molar-refractivity contribution in [3.8, 4) is 0 Å². The molecule has 0 N–H and O–H groups in total. The maximum atomic E-state index is 5.42. The van der Waals surface area contributed by atoms with E-state index in [1.807, 2.05) is 6.08 Å². The van der Waals surface area contributed by atoms with Crippen molar-refractivity contribution in [3.05, 3.63) is 22.2 Å². The van der Waals surface area contributed by atoms with E-state index >= 15 is 0 Å². The third-order valence-electron chi connectivity index (χ3n) is 1.64. The molecule has 0 aromatic carbocycles. The van der Waals surface area contributed by atoms with E-state index in [-0.39, 0.29) is 0 Å². The molecule has 1 aliphatic heterocycles. The van der Waals surface area contributed by atoms with Crippen molar-refractivity contribution < 1.29 is 0 Å². The molecule has 0 aromatic rings. The van der Waals surface area contributed by atoms with Crippen LogP contribution in [0.25, 0.3) is 0 Å². The van der Waals surface area contributed by atoms with Gasteiger partial charge in [0.2, 0.25) is 0 Å². The molecule has 0 unspecified atom stereocenters. The second-order valence-corrected chi connectivity index (χ2v) is 3.81. The zero-order valence-corrected chi connectivity index (χ0v) is 8.61. The summed E-state index contributed by atoms with van der Waals surface area (Å²) in [5.41, 5.74) is 1.58. The molecular formula is C8H11BrClN. The highest BCUT2D eigenvalue weighted by molar-refractivity contribution is 9.11. The minimum absolute atomic E-state index is 0.951. The van der Waals surface area contributed by atoms with Gasteiger partial charge in [0.05, 0.1) is 0 Å². The van der Waals surface area contributed by atoms with Crippen LogP contribution in [0, 0.1) is 0 Å². The Morgan fingerprint density at radius 1 is 1.73 bits per heavy atom. The Bertz CT molecular complexity index is 177. The maximum Gasteiger partial charge on any atom is 0.0300 e. The predicted octanol–water partition coefficient (Wildman–Crippen LogP) is 2.72. The highest BCUT2D eigenvalue weighted by atomic mass is 79.9. The minimum atomic E-state index is 0.951. The molecule has 0 fully saturated rings. The van der Waals surface area contributed by atoms with Gasteiger partial charge in [-0.15, -0.1) is 0 Å². The van der Waals surface area contributed by atoms with E-state index in [0.717, 1.165) is 26.1 Å². The lowest BCUT2D eigenvalue weighted by Crippen LogP contribution is -2.28. The summed E-state index contributed by atoms with van der Waals surface area (Å²) < 4.78 is 1.28. The molecule has 1 heterocycles. The predicted molar refractivity (Wildman–Crippen MR) is 53.1 cm³/mol. The Kier molecular flexibility index (Phi) is 4.20. The molecule has 1 aliphatic rings. The molecular weight excluding hydrogens is 225 g/mol. The van der Waals surface area contributed by atoms with Gasteiger partial charge in [-0.3, -0.25) is 4.90 Å². The van der Waals surface area contributed by atoms with Crippen molar-refractivity contribution in [2.75, 3.05) is 19.6 Å². The molecule has 11 heavy (non-hydrogen) atoms. The van der Waals surface area contributed by atoms with Gasteiger partial charge in [-0.2, -0.15) is 0 Å². The van der Waals surface area contributed by atoms with E-state index in [2.05, 4.69) is 26.9 Å². The molecule has 0 aromatic heterocycles. The molecule has 0 saturated heterocycles. The largest absolute Gasteiger partial charge is 0.295 e. The van der Waals surface area contributed by atoms with Gasteiger partial charge in [-0.1, -0.05) is 39.7 Å². The average molecular weight is 237 g/mol. The fourth-order valence-corrected chi connectivity index (χ4v) is 1.77. The van der Waals surface area contributed by atoms with Crippen molar-refractivity contribution in [3.63, 3.8) is 0 Å². The third-order valence-corrected chi connectivity index (χ3v) is 2.39. The van der Waals surface area contributed by atoms with Crippen molar-refractivity contribution in [1.29, 1.82) is 0 Å². The molecule has 1 rings (SSSR count). The first-order valence-corrected chi connectivity index (χ1v) is 4.88. The molecule has 0 aliphatic carbocycles. The van der Waals surface area contributed by atoms with Gasteiger partial charge in [0.15, 0.2) is 0 Å². The molecule has 0 saturated carbocycles. The van der Waals surface area contributed by atoms with Crippen LogP contribution in [0.4, 0.5) is 0 Å². The number of rotatable bonds is 2. The molecule has 0 radical (unpaired) electrons. The van der Waals surface area contributed by atoms with Crippen molar-refractivity contribution in [2.24, 2.45) is 0 Å². The SMILES string of the molecule is Cl/C=C/CN1CCC=C(Br)C1. The summed E-state index contributed by atoms with van der Waals surface area (Å²) in [7, 11) is 0. The number of hydrogen-bond donors (Lipinski definition) is 0. The number of halogens is 2. The Hall–Kier alpha value is 0.210. The normalized spacial score (nSPS) is 20.7. The highest BCUT2D eigenvalue weighted by Crippen LogP contribution is 2.14. The van der Waals surface area contributed by atoms with Gasteiger partial charge >= 0.3 is 0 Å². The van der Waals surface area contributed by atoms with Crippen LogP contribution in [0.5, 0.6) is 0 Å². The van der Waals surface area contributed by atoms with Crippen LogP contribution in [0.2, 0.25) is 0 Å². The van der Waals surface area contributed by atoms with E-state index in [1.165, 1.54) is 4.48 Å². The first kappa shape index (κ1) is 9.30. The molecule has 1 nitrogen and oxygen atoms in total. The third kappa shape index (κ3) is 3.41. The second kappa shape index (κ2) is 4.96. The van der Waals surface area contributed by atoms with Crippen LogP contribution in [0.3, 0.4) is 0 Å². The molecule has 0 atom stereocenters. The van der Waals surface area contributed by atoms with Crippen molar-refractivity contribution >= 4 is 27.5 Å².